The zero-order chi connectivity index (χ0) is 26.8. The van der Waals surface area contributed by atoms with Crippen LogP contribution in [0.4, 0.5) is 4.79 Å². The van der Waals surface area contributed by atoms with E-state index in [1.54, 1.807) is 42.5 Å². The smallest absolute Gasteiger partial charge is 0.408 e. The number of nitrogens with zero attached hydrogens (tertiary/aromatic N) is 1. The van der Waals surface area contributed by atoms with Crippen LogP contribution in [0.2, 0.25) is 0 Å². The molecule has 0 heterocycles. The molecule has 0 fully saturated rings. The van der Waals surface area contributed by atoms with Crippen molar-refractivity contribution in [2.24, 2.45) is 0 Å². The molecule has 0 radical (unpaired) electrons. The van der Waals surface area contributed by atoms with Crippen LogP contribution in [0.5, 0.6) is 0 Å². The molecule has 4 N–H and O–H groups in total. The van der Waals surface area contributed by atoms with E-state index in [0.717, 1.165) is 14.7 Å². The molecule has 0 saturated heterocycles. The summed E-state index contributed by atoms with van der Waals surface area (Å²) >= 11 is 1.44. The lowest BCUT2D eigenvalue weighted by Crippen LogP contribution is -2.52. The Bertz CT molecular complexity index is 1320. The molecule has 1 unspecified atom stereocenters. The Kier molecular flexibility index (Phi) is 9.66. The fourth-order valence-corrected chi connectivity index (χ4v) is 5.58. The molecule has 1 atom stereocenters. The highest BCUT2D eigenvalue weighted by Gasteiger charge is 2.29. The Morgan fingerprint density at radius 1 is 0.865 bits per heavy atom. The number of carboxylic acid groups (broad SMARTS) is 1. The van der Waals surface area contributed by atoms with Crippen molar-refractivity contribution < 1.29 is 33.1 Å². The van der Waals surface area contributed by atoms with E-state index in [0.29, 0.717) is 5.56 Å². The predicted molar refractivity (Wildman–Crippen MR) is 136 cm³/mol. The van der Waals surface area contributed by atoms with Crippen LogP contribution in [0, 0.1) is 0 Å². The molecule has 0 aromatic heterocycles. The molecule has 37 heavy (non-hydrogen) atoms. The molecule has 0 aliphatic rings. The summed E-state index contributed by atoms with van der Waals surface area (Å²) in [6.45, 7) is -0.739. The number of rotatable bonds is 11. The van der Waals surface area contributed by atoms with Gasteiger partial charge in [-0.3, -0.25) is 19.7 Å². The van der Waals surface area contributed by atoms with Gasteiger partial charge in [0.1, 0.15) is 12.6 Å². The van der Waals surface area contributed by atoms with E-state index in [4.69, 9.17) is 5.21 Å². The minimum Gasteiger partial charge on any atom is -0.465 e. The molecule has 3 aromatic rings. The van der Waals surface area contributed by atoms with E-state index < -0.39 is 46.1 Å². The molecule has 12 heteroatoms. The molecule has 194 valence electrons. The minimum atomic E-state index is -4.07. The van der Waals surface area contributed by atoms with Crippen LogP contribution >= 0.6 is 11.8 Å². The van der Waals surface area contributed by atoms with Crippen molar-refractivity contribution in [3.8, 4) is 0 Å². The summed E-state index contributed by atoms with van der Waals surface area (Å²) in [5.74, 6) is -2.91. The van der Waals surface area contributed by atoms with Crippen LogP contribution in [-0.4, -0.2) is 59.9 Å². The molecule has 0 spiro atoms. The van der Waals surface area contributed by atoms with Gasteiger partial charge >= 0.3 is 6.09 Å². The quantitative estimate of drug-likeness (QED) is 0.213. The van der Waals surface area contributed by atoms with E-state index in [2.05, 4.69) is 5.32 Å². The van der Waals surface area contributed by atoms with Gasteiger partial charge in [0.2, 0.25) is 5.91 Å². The Morgan fingerprint density at radius 2 is 1.43 bits per heavy atom. The Labute approximate surface area is 218 Å². The van der Waals surface area contributed by atoms with Crippen LogP contribution in [0.25, 0.3) is 0 Å². The van der Waals surface area contributed by atoms with Crippen molar-refractivity contribution in [2.45, 2.75) is 27.3 Å². The third kappa shape index (κ3) is 8.34. The van der Waals surface area contributed by atoms with Crippen LogP contribution in [0.3, 0.4) is 0 Å². The summed E-state index contributed by atoms with van der Waals surface area (Å²) in [4.78, 5) is 38.8. The summed E-state index contributed by atoms with van der Waals surface area (Å²) in [6, 6.07) is 22.4. The van der Waals surface area contributed by atoms with Crippen molar-refractivity contribution in [1.29, 1.82) is 0 Å². The number of hydroxylamine groups is 1. The standard InChI is InChI=1S/C25H25N3O7S2/c29-23(16-28(25(31)32)15-18-7-3-1-4-8-18)26-22(24(30)27-33)17-37(34,35)21-13-11-20(12-14-21)36-19-9-5-2-6-10-19/h1-14,22,33H,15-17H2,(H,26,29)(H,27,30)(H,31,32). The SMILES string of the molecule is O=C(CN(Cc1ccccc1)C(=O)O)NC(CS(=O)(=O)c1ccc(Sc2ccccc2)cc1)C(=O)NO. The average molecular weight is 544 g/mol. The molecule has 0 saturated carbocycles. The highest BCUT2D eigenvalue weighted by atomic mass is 32.2. The molecule has 3 amide bonds. The van der Waals surface area contributed by atoms with Gasteiger partial charge in [-0.1, -0.05) is 60.3 Å². The number of carbonyl (C=O) groups is 3. The molecule has 3 aromatic carbocycles. The summed E-state index contributed by atoms with van der Waals surface area (Å²) < 4.78 is 25.9. The van der Waals surface area contributed by atoms with E-state index >= 15 is 0 Å². The molecular weight excluding hydrogens is 518 g/mol. The fraction of sp³-hybridized carbons (Fsp3) is 0.160. The third-order valence-corrected chi connectivity index (χ3v) is 7.91. The predicted octanol–water partition coefficient (Wildman–Crippen LogP) is 2.78. The molecule has 10 nitrogen and oxygen atoms in total. The lowest BCUT2D eigenvalue weighted by atomic mass is 10.2. The first-order valence-corrected chi connectivity index (χ1v) is 13.5. The second kappa shape index (κ2) is 12.9. The number of hydrogen-bond acceptors (Lipinski definition) is 7. The normalized spacial score (nSPS) is 11.8. The number of nitrogens with one attached hydrogen (secondary N) is 2. The van der Waals surface area contributed by atoms with Gasteiger partial charge in [-0.05, 0) is 42.0 Å². The summed E-state index contributed by atoms with van der Waals surface area (Å²) in [6.07, 6.45) is -1.37. The lowest BCUT2D eigenvalue weighted by molar-refractivity contribution is -0.134. The molecule has 0 aliphatic carbocycles. The van der Waals surface area contributed by atoms with Gasteiger partial charge in [0.05, 0.1) is 10.6 Å². The Hall–Kier alpha value is -3.87. The number of benzene rings is 3. The van der Waals surface area contributed by atoms with E-state index in [1.807, 2.05) is 30.3 Å². The van der Waals surface area contributed by atoms with E-state index in [9.17, 15) is 27.9 Å². The van der Waals surface area contributed by atoms with Gasteiger partial charge in [0.25, 0.3) is 5.91 Å². The maximum atomic E-state index is 13.0. The van der Waals surface area contributed by atoms with Gasteiger partial charge in [-0.25, -0.2) is 18.7 Å². The number of sulfone groups is 1. The minimum absolute atomic E-state index is 0.0776. The number of carbonyl (C=O) groups excluding carboxylic acids is 2. The molecule has 3 rings (SSSR count). The third-order valence-electron chi connectivity index (χ3n) is 5.13. The molecular formula is C25H25N3O7S2. The number of amides is 3. The van der Waals surface area contributed by atoms with Gasteiger partial charge in [-0.2, -0.15) is 0 Å². The highest BCUT2D eigenvalue weighted by Crippen LogP contribution is 2.28. The van der Waals surface area contributed by atoms with Crippen molar-refractivity contribution in [3.63, 3.8) is 0 Å². The van der Waals surface area contributed by atoms with Gasteiger partial charge in [0, 0.05) is 16.3 Å². The average Bonchev–Trinajstić information content (AvgIpc) is 2.89. The van der Waals surface area contributed by atoms with Crippen molar-refractivity contribution in [1.82, 2.24) is 15.7 Å². The molecule has 0 bridgehead atoms. The summed E-state index contributed by atoms with van der Waals surface area (Å²) in [7, 11) is -4.07. The number of hydrogen-bond donors (Lipinski definition) is 4. The van der Waals surface area contributed by atoms with Gasteiger partial charge in [0.15, 0.2) is 9.84 Å². The summed E-state index contributed by atoms with van der Waals surface area (Å²) in [5, 5.41) is 20.7. The van der Waals surface area contributed by atoms with Crippen molar-refractivity contribution in [2.75, 3.05) is 12.3 Å². The van der Waals surface area contributed by atoms with E-state index in [-0.39, 0.29) is 11.4 Å². The van der Waals surface area contributed by atoms with Crippen LogP contribution in [-0.2, 0) is 26.0 Å². The maximum absolute atomic E-state index is 13.0. The second-order valence-corrected chi connectivity index (χ2v) is 11.1. The monoisotopic (exact) mass is 543 g/mol. The van der Waals surface area contributed by atoms with Crippen LogP contribution < -0.4 is 10.8 Å². The zero-order valence-electron chi connectivity index (χ0n) is 19.5. The second-order valence-electron chi connectivity index (χ2n) is 7.89. The van der Waals surface area contributed by atoms with Crippen molar-refractivity contribution in [3.05, 3.63) is 90.5 Å². The fourth-order valence-electron chi connectivity index (χ4n) is 3.32. The van der Waals surface area contributed by atoms with Crippen molar-refractivity contribution >= 4 is 39.5 Å². The van der Waals surface area contributed by atoms with Crippen LogP contribution in [0.15, 0.2) is 99.6 Å². The first-order valence-electron chi connectivity index (χ1n) is 11.0. The first kappa shape index (κ1) is 27.7. The summed E-state index contributed by atoms with van der Waals surface area (Å²) in [5.41, 5.74) is 1.98. The van der Waals surface area contributed by atoms with Crippen LogP contribution in [0.1, 0.15) is 5.56 Å². The lowest BCUT2D eigenvalue weighted by Gasteiger charge is -2.21. The molecule has 0 aliphatic heterocycles. The topological polar surface area (TPSA) is 153 Å². The Balaban J connectivity index is 1.68. The van der Waals surface area contributed by atoms with Gasteiger partial charge in [-0.15, -0.1) is 0 Å². The Morgan fingerprint density at radius 3 is 2.00 bits per heavy atom. The highest BCUT2D eigenvalue weighted by molar-refractivity contribution is 7.99. The zero-order valence-corrected chi connectivity index (χ0v) is 21.1. The largest absolute Gasteiger partial charge is 0.465 e. The van der Waals surface area contributed by atoms with Gasteiger partial charge < -0.3 is 10.4 Å². The van der Waals surface area contributed by atoms with E-state index in [1.165, 1.54) is 29.4 Å². The first-order chi connectivity index (χ1) is 17.7. The maximum Gasteiger partial charge on any atom is 0.408 e.